The Morgan fingerprint density at radius 2 is 0.606 bits per heavy atom. The first-order valence-electron chi connectivity index (χ1n) is 22.6. The van der Waals surface area contributed by atoms with E-state index in [1.165, 1.54) is 0 Å². The van der Waals surface area contributed by atoms with E-state index in [0.717, 1.165) is 56.1 Å². The molecule has 0 spiro atoms. The van der Waals surface area contributed by atoms with Gasteiger partial charge in [-0.3, -0.25) is 0 Å². The topological polar surface area (TPSA) is 98.8 Å². The molecule has 12 nitrogen and oxygen atoms in total. The van der Waals surface area contributed by atoms with Crippen LogP contribution in [0.25, 0.3) is 0 Å². The average Bonchev–Trinajstić information content (AvgIpc) is 3.36. The van der Waals surface area contributed by atoms with Crippen LogP contribution in [0.3, 0.4) is 0 Å². The fraction of sp³-hybridized carbons (Fsp3) is 0.333. The number of methoxy groups -OCH3 is 2. The standard InChI is InChI=1S/C54H58N2O10/c1-55-49-19-15-41-35-45(49)53(57-3,39-11-7-5-8-12-39)46-36-42(16-20-50(46)55)64-32-28-60-24-26-62-30-34-66-44-18-22-52-48(38-44)54(58-4,40-13-9-6-10-14-40)47-37-43(17-21-51(47)56(52)2)65-33-29-61-25-23-59-27-31-63-41/h5-22,35-38H,23-34H2,1-4H3. The van der Waals surface area contributed by atoms with Gasteiger partial charge in [0.05, 0.1) is 52.9 Å². The lowest BCUT2D eigenvalue weighted by Gasteiger charge is -2.44. The van der Waals surface area contributed by atoms with Crippen LogP contribution < -0.4 is 28.7 Å². The van der Waals surface area contributed by atoms with Gasteiger partial charge in [0.1, 0.15) is 60.6 Å². The van der Waals surface area contributed by atoms with E-state index in [1.807, 2.05) is 60.7 Å². The largest absolute Gasteiger partial charge is 0.491 e. The van der Waals surface area contributed by atoms with Crippen molar-refractivity contribution < 1.29 is 47.4 Å². The Hall–Kier alpha value is -6.12. The lowest BCUT2D eigenvalue weighted by molar-refractivity contribution is 0.0269. The van der Waals surface area contributed by atoms with E-state index in [1.54, 1.807) is 14.2 Å². The van der Waals surface area contributed by atoms with Crippen molar-refractivity contribution in [3.8, 4) is 23.0 Å². The zero-order valence-corrected chi connectivity index (χ0v) is 38.2. The van der Waals surface area contributed by atoms with E-state index in [9.17, 15) is 0 Å². The van der Waals surface area contributed by atoms with Gasteiger partial charge in [-0.25, -0.2) is 0 Å². The molecular formula is C54H58N2O10. The summed E-state index contributed by atoms with van der Waals surface area (Å²) in [4.78, 5) is 4.37. The molecule has 0 atom stereocenters. The first-order chi connectivity index (χ1) is 32.5. The van der Waals surface area contributed by atoms with Crippen LogP contribution in [0.15, 0.2) is 133 Å². The van der Waals surface area contributed by atoms with Gasteiger partial charge in [0, 0.05) is 73.3 Å². The Balaban J connectivity index is 0.928. The number of fused-ring (bicyclic) bond motifs is 4. The molecule has 0 saturated heterocycles. The summed E-state index contributed by atoms with van der Waals surface area (Å²) < 4.78 is 62.1. The zero-order chi connectivity index (χ0) is 45.4. The molecule has 6 aromatic carbocycles. The predicted molar refractivity (Wildman–Crippen MR) is 254 cm³/mol. The van der Waals surface area contributed by atoms with E-state index < -0.39 is 11.2 Å². The third-order valence-electron chi connectivity index (χ3n) is 12.5. The molecule has 0 unspecified atom stereocenters. The van der Waals surface area contributed by atoms with E-state index in [4.69, 9.17) is 47.4 Å². The number of nitrogens with zero attached hydrogens (tertiary/aromatic N) is 2. The molecule has 0 radical (unpaired) electrons. The zero-order valence-electron chi connectivity index (χ0n) is 38.2. The fourth-order valence-electron chi connectivity index (χ4n) is 9.43. The summed E-state index contributed by atoms with van der Waals surface area (Å²) >= 11 is 0. The summed E-state index contributed by atoms with van der Waals surface area (Å²) in [6.07, 6.45) is 0. The molecule has 0 aliphatic carbocycles. The van der Waals surface area contributed by atoms with E-state index in [0.29, 0.717) is 102 Å². The van der Waals surface area contributed by atoms with Crippen LogP contribution >= 0.6 is 0 Å². The van der Waals surface area contributed by atoms with Gasteiger partial charge in [0.2, 0.25) is 0 Å². The predicted octanol–water partition coefficient (Wildman–Crippen LogP) is 9.02. The molecule has 0 aromatic heterocycles. The summed E-state index contributed by atoms with van der Waals surface area (Å²) in [7, 11) is 7.64. The Bertz CT molecular complexity index is 2250. The Labute approximate surface area is 387 Å². The van der Waals surface area contributed by atoms with Crippen LogP contribution in [-0.2, 0) is 39.6 Å². The molecule has 9 rings (SSSR count). The minimum atomic E-state index is -0.941. The number of hydrogen-bond acceptors (Lipinski definition) is 12. The number of rotatable bonds is 4. The first kappa shape index (κ1) is 45.1. The molecular weight excluding hydrogens is 837 g/mol. The summed E-state index contributed by atoms with van der Waals surface area (Å²) in [6.45, 7) is 4.73. The molecule has 12 heteroatoms. The first-order valence-corrected chi connectivity index (χ1v) is 22.6. The molecule has 6 aromatic rings. The maximum Gasteiger partial charge on any atom is 0.147 e. The van der Waals surface area contributed by atoms with Crippen molar-refractivity contribution in [1.82, 2.24) is 0 Å². The summed E-state index contributed by atoms with van der Waals surface area (Å²) in [5.74, 6) is 2.86. The third-order valence-corrected chi connectivity index (χ3v) is 12.5. The van der Waals surface area contributed by atoms with Gasteiger partial charge in [-0.15, -0.1) is 0 Å². The van der Waals surface area contributed by atoms with Gasteiger partial charge in [-0.2, -0.15) is 0 Å². The smallest absolute Gasteiger partial charge is 0.147 e. The molecule has 344 valence electrons. The number of hydrogen-bond donors (Lipinski definition) is 0. The lowest BCUT2D eigenvalue weighted by Crippen LogP contribution is -2.38. The van der Waals surface area contributed by atoms with Gasteiger partial charge in [-0.1, -0.05) is 60.7 Å². The van der Waals surface area contributed by atoms with Crippen LogP contribution in [0.5, 0.6) is 23.0 Å². The molecule has 66 heavy (non-hydrogen) atoms. The second-order valence-electron chi connectivity index (χ2n) is 16.2. The van der Waals surface area contributed by atoms with Crippen molar-refractivity contribution >= 4 is 22.7 Å². The van der Waals surface area contributed by atoms with Gasteiger partial charge in [0.25, 0.3) is 0 Å². The number of benzene rings is 6. The van der Waals surface area contributed by atoms with E-state index >= 15 is 0 Å². The minimum Gasteiger partial charge on any atom is -0.491 e. The minimum absolute atomic E-state index is 0.365. The molecule has 8 bridgehead atoms. The molecule has 0 N–H and O–H groups in total. The Kier molecular flexibility index (Phi) is 14.1. The molecule has 0 fully saturated rings. The third kappa shape index (κ3) is 8.80. The molecule has 3 aliphatic heterocycles. The van der Waals surface area contributed by atoms with Crippen LogP contribution in [-0.4, -0.2) is 108 Å². The van der Waals surface area contributed by atoms with Gasteiger partial charge < -0.3 is 57.2 Å². The second-order valence-corrected chi connectivity index (χ2v) is 16.2. The molecule has 3 heterocycles. The normalized spacial score (nSPS) is 20.7. The number of ether oxygens (including phenoxy) is 10. The highest BCUT2D eigenvalue weighted by Crippen LogP contribution is 2.55. The van der Waals surface area contributed by atoms with Crippen LogP contribution in [0.4, 0.5) is 22.7 Å². The summed E-state index contributed by atoms with van der Waals surface area (Å²) in [5, 5.41) is 0. The van der Waals surface area contributed by atoms with Crippen molar-refractivity contribution in [2.75, 3.05) is 117 Å². The molecule has 0 amide bonds. The van der Waals surface area contributed by atoms with Crippen molar-refractivity contribution in [2.24, 2.45) is 0 Å². The van der Waals surface area contributed by atoms with Gasteiger partial charge in [-0.05, 0) is 83.9 Å². The maximum absolute atomic E-state index is 6.63. The van der Waals surface area contributed by atoms with E-state index in [2.05, 4.69) is 96.7 Å². The highest BCUT2D eigenvalue weighted by Gasteiger charge is 2.47. The Morgan fingerprint density at radius 3 is 0.864 bits per heavy atom. The quantitative estimate of drug-likeness (QED) is 0.169. The van der Waals surface area contributed by atoms with Crippen LogP contribution in [0, 0.1) is 0 Å². The average molecular weight is 895 g/mol. The van der Waals surface area contributed by atoms with Crippen molar-refractivity contribution in [1.29, 1.82) is 0 Å². The van der Waals surface area contributed by atoms with Crippen molar-refractivity contribution in [2.45, 2.75) is 11.2 Å². The second kappa shape index (κ2) is 20.6. The number of anilines is 4. The lowest BCUT2D eigenvalue weighted by atomic mass is 9.75. The summed E-state index contributed by atoms with van der Waals surface area (Å²) in [5.41, 5.74) is 8.00. The SMILES string of the molecule is COC1(c2ccccc2)c2cc3ccc2N(C)c2ccc(cc21)OCCOCCOCCOc1ccc2c(c1)C(OC)(c1ccccc1)c1cc(ccc1N2C)OCCOCCOCCO3. The van der Waals surface area contributed by atoms with Crippen molar-refractivity contribution in [3.05, 3.63) is 167 Å². The molecule has 3 aliphatic rings. The van der Waals surface area contributed by atoms with E-state index in [-0.39, 0.29) is 0 Å². The molecule has 0 saturated carbocycles. The monoisotopic (exact) mass is 894 g/mol. The highest BCUT2D eigenvalue weighted by molar-refractivity contribution is 5.82. The highest BCUT2D eigenvalue weighted by atomic mass is 16.6. The maximum atomic E-state index is 6.63. The van der Waals surface area contributed by atoms with Gasteiger partial charge in [0.15, 0.2) is 0 Å². The fourth-order valence-corrected chi connectivity index (χ4v) is 9.43. The Morgan fingerprint density at radius 1 is 0.348 bits per heavy atom. The van der Waals surface area contributed by atoms with Gasteiger partial charge >= 0.3 is 0 Å². The van der Waals surface area contributed by atoms with Crippen LogP contribution in [0.1, 0.15) is 33.4 Å². The van der Waals surface area contributed by atoms with Crippen molar-refractivity contribution in [3.63, 3.8) is 0 Å². The van der Waals surface area contributed by atoms with Crippen LogP contribution in [0.2, 0.25) is 0 Å². The summed E-state index contributed by atoms with van der Waals surface area (Å²) in [6, 6.07) is 45.1.